The van der Waals surface area contributed by atoms with Gasteiger partial charge in [0, 0.05) is 24.7 Å². The van der Waals surface area contributed by atoms with E-state index in [-0.39, 0.29) is 17.5 Å². The minimum Gasteiger partial charge on any atom is -0.299 e. The van der Waals surface area contributed by atoms with Gasteiger partial charge in [-0.3, -0.25) is 9.59 Å². The Morgan fingerprint density at radius 1 is 0.348 bits per heavy atom. The quantitative estimate of drug-likeness (QED) is 0.0623. The van der Waals surface area contributed by atoms with Gasteiger partial charge in [0.15, 0.2) is 0 Å². The molecule has 2 heteroatoms. The van der Waals surface area contributed by atoms with Gasteiger partial charge in [0.1, 0.15) is 11.6 Å². The molecule has 0 amide bonds. The van der Waals surface area contributed by atoms with E-state index in [9.17, 15) is 9.59 Å². The lowest BCUT2D eigenvalue weighted by molar-refractivity contribution is -0.125. The molecule has 0 saturated heterocycles. The van der Waals surface area contributed by atoms with E-state index in [4.69, 9.17) is 0 Å². The van der Waals surface area contributed by atoms with E-state index in [0.29, 0.717) is 12.8 Å². The van der Waals surface area contributed by atoms with Gasteiger partial charge in [-0.15, -0.1) is 0 Å². The molecule has 0 aromatic rings. The summed E-state index contributed by atoms with van der Waals surface area (Å²) in [6.45, 7) is 8.44. The normalized spacial score (nSPS) is 12.3. The van der Waals surface area contributed by atoms with Crippen molar-refractivity contribution in [3.63, 3.8) is 0 Å². The van der Waals surface area contributed by atoms with Gasteiger partial charge < -0.3 is 0 Å². The maximum absolute atomic E-state index is 12.7. The summed E-state index contributed by atoms with van der Waals surface area (Å²) in [6, 6.07) is 0. The Kier molecular flexibility index (Phi) is 36.6. The number of carbonyl (C=O) groups is 2. The molecule has 0 aliphatic carbocycles. The first-order valence-electron chi connectivity index (χ1n) is 21.4. The summed E-state index contributed by atoms with van der Waals surface area (Å²) in [5, 5.41) is 0. The second-order valence-corrected chi connectivity index (χ2v) is 15.1. The van der Waals surface area contributed by atoms with Gasteiger partial charge in [0.05, 0.1) is 0 Å². The van der Waals surface area contributed by atoms with Crippen molar-refractivity contribution < 1.29 is 9.59 Å². The smallest absolute Gasteiger partial charge is 0.140 e. The molecule has 273 valence electrons. The molecule has 0 aliphatic heterocycles. The molecule has 46 heavy (non-hydrogen) atoms. The Bertz CT molecular complexity index is 625. The van der Waals surface area contributed by atoms with Gasteiger partial charge in [-0.2, -0.15) is 0 Å². The van der Waals surface area contributed by atoms with Crippen molar-refractivity contribution in [1.82, 2.24) is 0 Å². The van der Waals surface area contributed by atoms with Crippen molar-refractivity contribution in [3.8, 4) is 0 Å². The summed E-state index contributed by atoms with van der Waals surface area (Å²) in [5.74, 6) is 1.10. The highest BCUT2D eigenvalue weighted by Gasteiger charge is 2.25. The van der Waals surface area contributed by atoms with E-state index in [0.717, 1.165) is 31.6 Å². The van der Waals surface area contributed by atoms with Gasteiger partial charge in [-0.1, -0.05) is 233 Å². The molecule has 0 heterocycles. The fraction of sp³-hybridized carbons (Fsp3) is 0.932. The Morgan fingerprint density at radius 2 is 0.565 bits per heavy atom. The molecule has 0 fully saturated rings. The van der Waals surface area contributed by atoms with Crippen LogP contribution in [0.3, 0.4) is 0 Å². The van der Waals surface area contributed by atoms with E-state index in [1.807, 2.05) is 13.8 Å². The third-order valence-corrected chi connectivity index (χ3v) is 10.6. The first-order valence-corrected chi connectivity index (χ1v) is 21.4. The zero-order chi connectivity index (χ0) is 33.8. The van der Waals surface area contributed by atoms with Gasteiger partial charge in [-0.05, 0) is 12.8 Å². The Morgan fingerprint density at radius 3 is 0.826 bits per heavy atom. The zero-order valence-electron chi connectivity index (χ0n) is 32.3. The largest absolute Gasteiger partial charge is 0.299 e. The number of hydrogen-bond donors (Lipinski definition) is 0. The number of Topliss-reactive ketones (excluding diaryl/α,β-unsaturated/α-hetero) is 2. The highest BCUT2D eigenvalue weighted by atomic mass is 16.1. The number of ketones is 2. The summed E-state index contributed by atoms with van der Waals surface area (Å²) < 4.78 is 0. The van der Waals surface area contributed by atoms with Crippen LogP contribution < -0.4 is 0 Å². The predicted octanol–water partition coefficient (Wildman–Crippen LogP) is 15.4. The van der Waals surface area contributed by atoms with Crippen molar-refractivity contribution >= 4 is 11.6 Å². The maximum atomic E-state index is 12.7. The van der Waals surface area contributed by atoms with Crippen molar-refractivity contribution in [3.05, 3.63) is 5.92 Å². The summed E-state index contributed by atoms with van der Waals surface area (Å²) in [7, 11) is 0. The van der Waals surface area contributed by atoms with Crippen molar-refractivity contribution in [2.75, 3.05) is 0 Å². The van der Waals surface area contributed by atoms with E-state index < -0.39 is 0 Å². The molecule has 2 nitrogen and oxygen atoms in total. The van der Waals surface area contributed by atoms with Gasteiger partial charge in [0.25, 0.3) is 0 Å². The van der Waals surface area contributed by atoms with Crippen molar-refractivity contribution in [2.24, 2.45) is 5.92 Å². The van der Waals surface area contributed by atoms with Crippen LogP contribution in [0.5, 0.6) is 0 Å². The Labute approximate surface area is 291 Å². The second kappa shape index (κ2) is 37.2. The molecular formula is C44H85O2. The molecule has 0 bridgehead atoms. The summed E-state index contributed by atoms with van der Waals surface area (Å²) in [6.07, 6.45) is 47.4. The first-order chi connectivity index (χ1) is 22.5. The molecule has 0 aromatic heterocycles. The standard InChI is InChI=1S/C44H85O2/c1-5-7-9-11-13-15-17-19-21-22-23-24-26-28-30-32-34-36-38-40-44(46)42(4)41(3)43(45)39-37-35-33-31-29-27-25-20-18-16-14-12-10-8-6-2/h41H,5-40H2,1-4H3. The van der Waals surface area contributed by atoms with Crippen LogP contribution in [0, 0.1) is 11.8 Å². The van der Waals surface area contributed by atoms with Gasteiger partial charge in [-0.25, -0.2) is 0 Å². The lowest BCUT2D eigenvalue weighted by Crippen LogP contribution is -2.23. The van der Waals surface area contributed by atoms with Crippen LogP contribution in [0.4, 0.5) is 0 Å². The Balaban J connectivity index is 3.49. The van der Waals surface area contributed by atoms with Crippen LogP contribution in [-0.4, -0.2) is 11.6 Å². The third-order valence-electron chi connectivity index (χ3n) is 10.6. The third kappa shape index (κ3) is 31.9. The van der Waals surface area contributed by atoms with E-state index >= 15 is 0 Å². The van der Waals surface area contributed by atoms with Crippen LogP contribution in [0.1, 0.15) is 259 Å². The molecule has 0 aliphatic rings. The second-order valence-electron chi connectivity index (χ2n) is 15.1. The molecule has 1 unspecified atom stereocenters. The molecule has 0 rings (SSSR count). The zero-order valence-corrected chi connectivity index (χ0v) is 32.3. The summed E-state index contributed by atoms with van der Waals surface area (Å²) in [5.41, 5.74) is 0. The maximum Gasteiger partial charge on any atom is 0.140 e. The van der Waals surface area contributed by atoms with Crippen LogP contribution in [-0.2, 0) is 9.59 Å². The highest BCUT2D eigenvalue weighted by molar-refractivity contribution is 5.98. The average Bonchev–Trinajstić information content (AvgIpc) is 3.06. The monoisotopic (exact) mass is 646 g/mol. The van der Waals surface area contributed by atoms with Crippen LogP contribution in [0.25, 0.3) is 0 Å². The summed E-state index contributed by atoms with van der Waals surface area (Å²) >= 11 is 0. The molecule has 0 saturated carbocycles. The van der Waals surface area contributed by atoms with Crippen LogP contribution in [0.2, 0.25) is 0 Å². The van der Waals surface area contributed by atoms with Crippen LogP contribution >= 0.6 is 0 Å². The number of carbonyl (C=O) groups excluding carboxylic acids is 2. The fourth-order valence-corrected chi connectivity index (χ4v) is 6.93. The van der Waals surface area contributed by atoms with Gasteiger partial charge in [0.2, 0.25) is 0 Å². The fourth-order valence-electron chi connectivity index (χ4n) is 6.93. The summed E-state index contributed by atoms with van der Waals surface area (Å²) in [4.78, 5) is 25.4. The number of rotatable bonds is 39. The predicted molar refractivity (Wildman–Crippen MR) is 206 cm³/mol. The lowest BCUT2D eigenvalue weighted by Gasteiger charge is -2.17. The van der Waals surface area contributed by atoms with Gasteiger partial charge >= 0.3 is 0 Å². The molecule has 1 atom stereocenters. The van der Waals surface area contributed by atoms with E-state index in [1.165, 1.54) is 193 Å². The highest BCUT2D eigenvalue weighted by Crippen LogP contribution is 2.22. The van der Waals surface area contributed by atoms with Crippen molar-refractivity contribution in [1.29, 1.82) is 0 Å². The SMILES string of the molecule is CCCCCCCCCCCCCCCCCCCCCC(=O)[C](C)C(C)C(=O)CCCCCCCCCCCCCCCCC. The lowest BCUT2D eigenvalue weighted by atomic mass is 9.85. The minimum atomic E-state index is -0.195. The molecule has 0 N–H and O–H groups in total. The minimum absolute atomic E-state index is 0.195. The van der Waals surface area contributed by atoms with E-state index in [2.05, 4.69) is 13.8 Å². The number of unbranched alkanes of at least 4 members (excludes halogenated alkanes) is 32. The number of hydrogen-bond acceptors (Lipinski definition) is 2. The Hall–Kier alpha value is -0.660. The average molecular weight is 646 g/mol. The van der Waals surface area contributed by atoms with Crippen LogP contribution in [0.15, 0.2) is 0 Å². The topological polar surface area (TPSA) is 34.1 Å². The van der Waals surface area contributed by atoms with E-state index in [1.54, 1.807) is 0 Å². The van der Waals surface area contributed by atoms with Crippen molar-refractivity contribution in [2.45, 2.75) is 259 Å². The molecule has 0 aromatic carbocycles. The molecule has 0 spiro atoms. The molecule has 1 radical (unpaired) electrons. The first kappa shape index (κ1) is 45.3. The molecular weight excluding hydrogens is 560 g/mol.